The molecule has 35 heavy (non-hydrogen) atoms. The van der Waals surface area contributed by atoms with E-state index in [9.17, 15) is 19.2 Å². The largest absolute Gasteiger partial charge is 0.494 e. The van der Waals surface area contributed by atoms with Gasteiger partial charge in [-0.05, 0) is 57.0 Å². The molecule has 11 nitrogen and oxygen atoms in total. The number of carboxylic acid groups (broad SMARTS) is 4. The number of ether oxygens (including phenoxy) is 1. The van der Waals surface area contributed by atoms with Crippen LogP contribution < -0.4 is 10.5 Å². The molecule has 6 N–H and O–H groups in total. The van der Waals surface area contributed by atoms with Crippen molar-refractivity contribution in [3.63, 3.8) is 0 Å². The lowest BCUT2D eigenvalue weighted by Gasteiger charge is -2.32. The molecule has 1 fully saturated rings. The highest BCUT2D eigenvalue weighted by Crippen LogP contribution is 2.26. The molecule has 0 bridgehead atoms. The topological polar surface area (TPSA) is 188 Å². The predicted molar refractivity (Wildman–Crippen MR) is 129 cm³/mol. The highest BCUT2D eigenvalue weighted by Gasteiger charge is 2.20. The third kappa shape index (κ3) is 17.2. The summed E-state index contributed by atoms with van der Waals surface area (Å²) in [5.41, 5.74) is 6.96. The molecule has 1 aliphatic heterocycles. The standard InChI is InChI=1S/C15H23ClN2O.2C4H6O4/c1-2-19-15-6-5-14(16)8-13(15)11-18-7-3-4-12(9-17)10-18;2*5-3(6)1-2-4(7)8/h5-6,8,12H,2-4,7,9-11,17H2,1H3;2*1-2H2,(H,5,6)(H,7,8)/t12-;;/m0../s1. The Hall–Kier alpha value is -2.89. The summed E-state index contributed by atoms with van der Waals surface area (Å²) in [6.07, 6.45) is 1.29. The highest BCUT2D eigenvalue weighted by molar-refractivity contribution is 6.30. The van der Waals surface area contributed by atoms with Crippen LogP contribution in [0.4, 0.5) is 0 Å². The van der Waals surface area contributed by atoms with Crippen LogP contribution in [0.5, 0.6) is 5.75 Å². The predicted octanol–water partition coefficient (Wildman–Crippen LogP) is 2.78. The van der Waals surface area contributed by atoms with Gasteiger partial charge in [0.1, 0.15) is 5.75 Å². The van der Waals surface area contributed by atoms with Gasteiger partial charge in [-0.15, -0.1) is 0 Å². The quantitative estimate of drug-likeness (QED) is 0.289. The van der Waals surface area contributed by atoms with Crippen molar-refractivity contribution in [3.05, 3.63) is 28.8 Å². The summed E-state index contributed by atoms with van der Waals surface area (Å²) in [5, 5.41) is 32.4. The van der Waals surface area contributed by atoms with Gasteiger partial charge in [0.2, 0.25) is 0 Å². The number of nitrogens with zero attached hydrogens (tertiary/aromatic N) is 1. The molecule has 1 aromatic rings. The maximum Gasteiger partial charge on any atom is 0.303 e. The van der Waals surface area contributed by atoms with Gasteiger partial charge in [0, 0.05) is 23.7 Å². The average molecular weight is 519 g/mol. The zero-order valence-corrected chi connectivity index (χ0v) is 20.6. The van der Waals surface area contributed by atoms with Crippen LogP contribution in [0.3, 0.4) is 0 Å². The number of hydrogen-bond acceptors (Lipinski definition) is 7. The van der Waals surface area contributed by atoms with Crippen LogP contribution in [0.2, 0.25) is 5.02 Å². The normalized spacial score (nSPS) is 15.0. The Morgan fingerprint density at radius 3 is 1.94 bits per heavy atom. The first kappa shape index (κ1) is 32.1. The molecule has 0 aliphatic carbocycles. The Labute approximate surface area is 209 Å². The van der Waals surface area contributed by atoms with Gasteiger partial charge in [-0.1, -0.05) is 11.6 Å². The van der Waals surface area contributed by atoms with Crippen molar-refractivity contribution in [1.29, 1.82) is 0 Å². The summed E-state index contributed by atoms with van der Waals surface area (Å²) < 4.78 is 5.68. The van der Waals surface area contributed by atoms with E-state index in [4.69, 9.17) is 42.5 Å². The van der Waals surface area contributed by atoms with E-state index in [0.29, 0.717) is 12.5 Å². The first-order chi connectivity index (χ1) is 16.5. The lowest BCUT2D eigenvalue weighted by molar-refractivity contribution is -0.143. The zero-order valence-electron chi connectivity index (χ0n) is 19.8. The molecule has 0 spiro atoms. The summed E-state index contributed by atoms with van der Waals surface area (Å²) in [5.74, 6) is -2.73. The molecule has 1 saturated heterocycles. The number of hydrogen-bond donors (Lipinski definition) is 5. The number of likely N-dealkylation sites (tertiary alicyclic amines) is 1. The number of halogens is 1. The third-order valence-corrected chi connectivity index (χ3v) is 4.99. The fraction of sp³-hybridized carbons (Fsp3) is 0.565. The molecule has 0 saturated carbocycles. The van der Waals surface area contributed by atoms with Gasteiger partial charge in [-0.2, -0.15) is 0 Å². The van der Waals surface area contributed by atoms with Crippen LogP contribution in [0.25, 0.3) is 0 Å². The van der Waals surface area contributed by atoms with E-state index in [-0.39, 0.29) is 25.7 Å². The van der Waals surface area contributed by atoms with Gasteiger partial charge in [0.25, 0.3) is 0 Å². The number of carboxylic acids is 4. The molecule has 0 unspecified atom stereocenters. The molecule has 1 atom stereocenters. The minimum absolute atomic E-state index is 0.296. The Balaban J connectivity index is 0.000000601. The summed E-state index contributed by atoms with van der Waals surface area (Å²) >= 11 is 6.10. The molecular formula is C23H35ClN2O9. The molecule has 12 heteroatoms. The summed E-state index contributed by atoms with van der Waals surface area (Å²) in [7, 11) is 0. The molecular weight excluding hydrogens is 484 g/mol. The zero-order chi connectivity index (χ0) is 26.8. The first-order valence-electron chi connectivity index (χ1n) is 11.2. The second-order valence-electron chi connectivity index (χ2n) is 7.74. The Morgan fingerprint density at radius 1 is 1.00 bits per heavy atom. The highest BCUT2D eigenvalue weighted by atomic mass is 35.5. The van der Waals surface area contributed by atoms with Crippen LogP contribution in [0.15, 0.2) is 18.2 Å². The van der Waals surface area contributed by atoms with E-state index < -0.39 is 23.9 Å². The number of benzene rings is 1. The number of piperidine rings is 1. The van der Waals surface area contributed by atoms with Crippen molar-refractivity contribution in [2.24, 2.45) is 11.7 Å². The number of rotatable bonds is 11. The molecule has 0 aromatic heterocycles. The molecule has 1 heterocycles. The van der Waals surface area contributed by atoms with E-state index in [1.54, 1.807) is 0 Å². The Kier molecular flexibility index (Phi) is 16.9. The lowest BCUT2D eigenvalue weighted by Crippen LogP contribution is -2.37. The van der Waals surface area contributed by atoms with Crippen LogP contribution in [-0.4, -0.2) is 75.4 Å². The summed E-state index contributed by atoms with van der Waals surface area (Å²) in [4.78, 5) is 41.0. The fourth-order valence-electron chi connectivity index (χ4n) is 3.12. The number of carbonyl (C=O) groups is 4. The summed E-state index contributed by atoms with van der Waals surface area (Å²) in [6, 6.07) is 5.86. The smallest absolute Gasteiger partial charge is 0.303 e. The third-order valence-electron chi connectivity index (χ3n) is 4.76. The van der Waals surface area contributed by atoms with Gasteiger partial charge >= 0.3 is 23.9 Å². The molecule has 1 aromatic carbocycles. The van der Waals surface area contributed by atoms with Crippen LogP contribution >= 0.6 is 11.6 Å². The first-order valence-corrected chi connectivity index (χ1v) is 11.6. The molecule has 1 aliphatic rings. The van der Waals surface area contributed by atoms with Crippen LogP contribution in [-0.2, 0) is 25.7 Å². The monoisotopic (exact) mass is 518 g/mol. The maximum absolute atomic E-state index is 9.64. The Bertz CT molecular complexity index is 764. The molecule has 0 amide bonds. The molecule has 2 rings (SSSR count). The summed E-state index contributed by atoms with van der Waals surface area (Å²) in [6.45, 7) is 6.57. The van der Waals surface area contributed by atoms with Crippen molar-refractivity contribution in [2.45, 2.75) is 52.0 Å². The lowest BCUT2D eigenvalue weighted by atomic mass is 9.98. The van der Waals surface area contributed by atoms with Crippen LogP contribution in [0, 0.1) is 5.92 Å². The van der Waals surface area contributed by atoms with E-state index >= 15 is 0 Å². The van der Waals surface area contributed by atoms with E-state index in [1.807, 2.05) is 25.1 Å². The minimum Gasteiger partial charge on any atom is -0.494 e. The minimum atomic E-state index is -1.08. The Morgan fingerprint density at radius 2 is 1.51 bits per heavy atom. The van der Waals surface area contributed by atoms with Gasteiger partial charge in [0.15, 0.2) is 0 Å². The van der Waals surface area contributed by atoms with Crippen LogP contribution in [0.1, 0.15) is 51.0 Å². The van der Waals surface area contributed by atoms with Crippen molar-refractivity contribution < 1.29 is 44.3 Å². The van der Waals surface area contributed by atoms with E-state index in [1.165, 1.54) is 18.4 Å². The van der Waals surface area contributed by atoms with Crippen molar-refractivity contribution >= 4 is 35.5 Å². The van der Waals surface area contributed by atoms with Gasteiger partial charge in [-0.3, -0.25) is 24.1 Å². The SMILES string of the molecule is CCOc1ccc(Cl)cc1CN1CCC[C@@H](CN)C1.O=C(O)CCC(=O)O.O=C(O)CCC(=O)O. The van der Waals surface area contributed by atoms with E-state index in [2.05, 4.69) is 4.90 Å². The van der Waals surface area contributed by atoms with Crippen molar-refractivity contribution in [1.82, 2.24) is 4.90 Å². The van der Waals surface area contributed by atoms with Crippen molar-refractivity contribution in [2.75, 3.05) is 26.2 Å². The van der Waals surface area contributed by atoms with E-state index in [0.717, 1.165) is 37.0 Å². The van der Waals surface area contributed by atoms with Crippen molar-refractivity contribution in [3.8, 4) is 5.75 Å². The van der Waals surface area contributed by atoms with Gasteiger partial charge in [-0.25, -0.2) is 0 Å². The molecule has 198 valence electrons. The number of aliphatic carboxylic acids is 4. The number of nitrogens with two attached hydrogens (primary N) is 1. The maximum atomic E-state index is 9.64. The second kappa shape index (κ2) is 18.4. The molecule has 0 radical (unpaired) electrons. The fourth-order valence-corrected chi connectivity index (χ4v) is 3.32. The van der Waals surface area contributed by atoms with Gasteiger partial charge in [0.05, 0.1) is 32.3 Å². The average Bonchev–Trinajstić information content (AvgIpc) is 2.79. The van der Waals surface area contributed by atoms with Gasteiger partial charge < -0.3 is 30.9 Å². The second-order valence-corrected chi connectivity index (χ2v) is 8.18.